The Balaban J connectivity index is 2.02. The van der Waals surface area contributed by atoms with Crippen molar-refractivity contribution >= 4 is 20.0 Å². The smallest absolute Gasteiger partial charge is 0.465 e. The minimum atomic E-state index is -4.61. The van der Waals surface area contributed by atoms with Crippen LogP contribution in [-0.4, -0.2) is 22.4 Å². The molecule has 2 rings (SSSR count). The van der Waals surface area contributed by atoms with Gasteiger partial charge in [0.2, 0.25) is 0 Å². The molecule has 0 aliphatic rings. The van der Waals surface area contributed by atoms with Gasteiger partial charge in [0.05, 0.1) is 0 Å². The summed E-state index contributed by atoms with van der Waals surface area (Å²) >= 11 is 0. The third kappa shape index (κ3) is 7.22. The molecule has 2 N–H and O–H groups in total. The van der Waals surface area contributed by atoms with Crippen LogP contribution in [0.1, 0.15) is 25.0 Å². The van der Waals surface area contributed by atoms with Crippen molar-refractivity contribution in [3.05, 3.63) is 65.7 Å². The van der Waals surface area contributed by atoms with Crippen molar-refractivity contribution in [1.29, 1.82) is 0 Å². The predicted octanol–water partition coefficient (Wildman–Crippen LogP) is 4.05. The molecule has 0 aliphatic heterocycles. The van der Waals surface area contributed by atoms with E-state index in [-0.39, 0.29) is 0 Å². The molecule has 0 spiro atoms. The Labute approximate surface area is 146 Å². The molecule has 25 heavy (non-hydrogen) atoms. The highest BCUT2D eigenvalue weighted by Gasteiger charge is 2.21. The summed E-state index contributed by atoms with van der Waals surface area (Å²) in [5, 5.41) is 0. The largest absolute Gasteiger partial charge is 0.471 e. The zero-order chi connectivity index (χ0) is 18.3. The molecule has 2 atom stereocenters. The Bertz CT molecular complexity index is 740. The summed E-state index contributed by atoms with van der Waals surface area (Å²) in [5.74, 6) is 0.588. The van der Waals surface area contributed by atoms with Crippen LogP contribution >= 0.6 is 7.82 Å². The first-order chi connectivity index (χ1) is 11.8. The van der Waals surface area contributed by atoms with Crippen molar-refractivity contribution < 1.29 is 28.3 Å². The van der Waals surface area contributed by atoms with Crippen molar-refractivity contribution in [3.8, 4) is 5.75 Å². The molecule has 134 valence electrons. The topological polar surface area (TPSA) is 85.2 Å². The van der Waals surface area contributed by atoms with Crippen LogP contribution in [0.3, 0.4) is 0 Å². The fourth-order valence-electron chi connectivity index (χ4n) is 2.17. The fraction of sp³-hybridized carbons (Fsp3) is 0.222. The highest BCUT2D eigenvalue weighted by Crippen LogP contribution is 2.38. The molecule has 2 unspecified atom stereocenters. The number of hydrogen-bond donors (Lipinski definition) is 2. The maximum atomic E-state index is 10.8. The van der Waals surface area contributed by atoms with Crippen LogP contribution < -0.4 is 4.74 Å². The first-order valence-electron chi connectivity index (χ1n) is 7.72. The van der Waals surface area contributed by atoms with Gasteiger partial charge in [0.25, 0.3) is 0 Å². The van der Waals surface area contributed by atoms with Crippen LogP contribution in [0.2, 0.25) is 0 Å². The van der Waals surface area contributed by atoms with Gasteiger partial charge >= 0.3 is 7.82 Å². The lowest BCUT2D eigenvalue weighted by Crippen LogP contribution is -2.24. The second-order valence-electron chi connectivity index (χ2n) is 5.27. The molecule has 0 radical (unpaired) electrons. The second-order valence-corrected chi connectivity index (χ2v) is 6.46. The third-order valence-electron chi connectivity index (χ3n) is 3.14. The van der Waals surface area contributed by atoms with Gasteiger partial charge in [0.15, 0.2) is 12.6 Å². The van der Waals surface area contributed by atoms with Gasteiger partial charge in [-0.1, -0.05) is 60.7 Å². The molecule has 0 bridgehead atoms. The third-order valence-corrected chi connectivity index (χ3v) is 3.71. The highest BCUT2D eigenvalue weighted by molar-refractivity contribution is 7.46. The average Bonchev–Trinajstić information content (AvgIpc) is 2.53. The molecule has 6 nitrogen and oxygen atoms in total. The van der Waals surface area contributed by atoms with Gasteiger partial charge in [-0.15, -0.1) is 0 Å². The maximum absolute atomic E-state index is 10.8. The first kappa shape index (κ1) is 19.4. The molecule has 0 heterocycles. The van der Waals surface area contributed by atoms with E-state index in [0.29, 0.717) is 5.75 Å². The van der Waals surface area contributed by atoms with E-state index in [1.807, 2.05) is 60.7 Å². The van der Waals surface area contributed by atoms with Gasteiger partial charge in [-0.05, 0) is 25.5 Å². The highest BCUT2D eigenvalue weighted by atomic mass is 31.2. The summed E-state index contributed by atoms with van der Waals surface area (Å²) < 4.78 is 26.2. The lowest BCUT2D eigenvalue weighted by molar-refractivity contribution is -0.173. The number of ether oxygens (including phenoxy) is 2. The SMILES string of the molecule is CC(Oc1ccccc1C=Cc1ccccc1)OC(C)OP(=O)(O)O. The van der Waals surface area contributed by atoms with Crippen LogP contribution in [-0.2, 0) is 13.8 Å². The van der Waals surface area contributed by atoms with E-state index in [1.54, 1.807) is 13.0 Å². The number of phosphoric ester groups is 1. The Kier molecular flexibility index (Phi) is 6.93. The van der Waals surface area contributed by atoms with Gasteiger partial charge in [-0.3, -0.25) is 4.52 Å². The summed E-state index contributed by atoms with van der Waals surface area (Å²) in [6, 6.07) is 17.3. The van der Waals surface area contributed by atoms with Crippen LogP contribution in [0.15, 0.2) is 54.6 Å². The standard InChI is InChI=1S/C18H21O6P/c1-14(22-15(2)24-25(19,20)21)23-18-11-7-6-10-17(18)13-12-16-8-4-3-5-9-16/h3-15H,1-2H3,(H2,19,20,21). The normalized spacial score (nSPS) is 14.4. The van der Waals surface area contributed by atoms with Crippen molar-refractivity contribution in [2.24, 2.45) is 0 Å². The molecule has 2 aromatic carbocycles. The van der Waals surface area contributed by atoms with Gasteiger partial charge in [-0.25, -0.2) is 4.57 Å². The number of para-hydroxylation sites is 1. The van der Waals surface area contributed by atoms with E-state index >= 15 is 0 Å². The van der Waals surface area contributed by atoms with E-state index in [9.17, 15) is 4.57 Å². The fourth-order valence-corrected chi connectivity index (χ4v) is 2.61. The Hall–Kier alpha value is -1.95. The average molecular weight is 364 g/mol. The van der Waals surface area contributed by atoms with E-state index in [4.69, 9.17) is 19.3 Å². The molecule has 2 aromatic rings. The number of phosphoric acid groups is 1. The van der Waals surface area contributed by atoms with Crippen LogP contribution in [0.25, 0.3) is 12.2 Å². The van der Waals surface area contributed by atoms with Crippen LogP contribution in [0, 0.1) is 0 Å². The first-order valence-corrected chi connectivity index (χ1v) is 9.25. The number of rotatable bonds is 8. The number of benzene rings is 2. The quantitative estimate of drug-likeness (QED) is 0.417. The van der Waals surface area contributed by atoms with E-state index in [1.165, 1.54) is 6.92 Å². The summed E-state index contributed by atoms with van der Waals surface area (Å²) in [7, 11) is -4.61. The minimum absolute atomic E-state index is 0.588. The van der Waals surface area contributed by atoms with E-state index in [0.717, 1.165) is 11.1 Å². The molecular weight excluding hydrogens is 343 g/mol. The van der Waals surface area contributed by atoms with Crippen molar-refractivity contribution in [1.82, 2.24) is 0 Å². The maximum Gasteiger partial charge on any atom is 0.471 e. The van der Waals surface area contributed by atoms with Crippen molar-refractivity contribution in [2.45, 2.75) is 26.4 Å². The van der Waals surface area contributed by atoms with Crippen LogP contribution in [0.5, 0.6) is 5.75 Å². The predicted molar refractivity (Wildman–Crippen MR) is 95.6 cm³/mol. The van der Waals surface area contributed by atoms with Gasteiger partial charge < -0.3 is 19.3 Å². The molecule has 0 aliphatic carbocycles. The molecule has 7 heteroatoms. The van der Waals surface area contributed by atoms with Gasteiger partial charge in [0, 0.05) is 5.56 Å². The molecule has 0 fully saturated rings. The Morgan fingerprint density at radius 2 is 1.56 bits per heavy atom. The summed E-state index contributed by atoms with van der Waals surface area (Å²) in [5.41, 5.74) is 1.91. The zero-order valence-electron chi connectivity index (χ0n) is 14.0. The van der Waals surface area contributed by atoms with E-state index in [2.05, 4.69) is 4.52 Å². The molecular formula is C18H21O6P. The van der Waals surface area contributed by atoms with Crippen molar-refractivity contribution in [2.75, 3.05) is 0 Å². The minimum Gasteiger partial charge on any atom is -0.465 e. The molecule has 0 saturated carbocycles. The Morgan fingerprint density at radius 3 is 2.24 bits per heavy atom. The van der Waals surface area contributed by atoms with Gasteiger partial charge in [0.1, 0.15) is 5.75 Å². The number of hydrogen-bond acceptors (Lipinski definition) is 4. The molecule has 0 saturated heterocycles. The monoisotopic (exact) mass is 364 g/mol. The summed E-state index contributed by atoms with van der Waals surface area (Å²) in [6.45, 7) is 3.01. The van der Waals surface area contributed by atoms with Crippen LogP contribution in [0.4, 0.5) is 0 Å². The van der Waals surface area contributed by atoms with Gasteiger partial charge in [-0.2, -0.15) is 0 Å². The second kappa shape index (κ2) is 8.94. The molecule has 0 aromatic heterocycles. The zero-order valence-corrected chi connectivity index (χ0v) is 14.9. The Morgan fingerprint density at radius 1 is 0.920 bits per heavy atom. The summed E-state index contributed by atoms with van der Waals surface area (Å²) in [4.78, 5) is 17.5. The lowest BCUT2D eigenvalue weighted by atomic mass is 10.1. The van der Waals surface area contributed by atoms with Crippen molar-refractivity contribution in [3.63, 3.8) is 0 Å². The van der Waals surface area contributed by atoms with E-state index < -0.39 is 20.4 Å². The lowest BCUT2D eigenvalue weighted by Gasteiger charge is -2.21. The summed E-state index contributed by atoms with van der Waals surface area (Å²) in [6.07, 6.45) is 2.02. The molecule has 0 amide bonds.